The van der Waals surface area contributed by atoms with Gasteiger partial charge in [-0.3, -0.25) is 0 Å². The zero-order chi connectivity index (χ0) is 12.1. The van der Waals surface area contributed by atoms with Gasteiger partial charge < -0.3 is 9.84 Å². The smallest absolute Gasteiger partial charge is 0.0719 e. The van der Waals surface area contributed by atoms with E-state index < -0.39 is 5.60 Å². The fourth-order valence-electron chi connectivity index (χ4n) is 5.79. The van der Waals surface area contributed by atoms with Crippen LogP contribution in [0.2, 0.25) is 0 Å². The van der Waals surface area contributed by atoms with E-state index in [1.165, 1.54) is 25.7 Å². The molecule has 7 atom stereocenters. The Labute approximate surface area is 104 Å². The Hall–Kier alpha value is -0.0800. The van der Waals surface area contributed by atoms with Gasteiger partial charge in [0, 0.05) is 0 Å². The summed E-state index contributed by atoms with van der Waals surface area (Å²) < 4.78 is 6.54. The van der Waals surface area contributed by atoms with Gasteiger partial charge in [-0.1, -0.05) is 0 Å². The van der Waals surface area contributed by atoms with Gasteiger partial charge in [-0.15, -0.1) is 0 Å². The minimum Gasteiger partial charge on any atom is -0.390 e. The van der Waals surface area contributed by atoms with Crippen LogP contribution in [0.5, 0.6) is 0 Å². The molecular weight excluding hydrogens is 212 g/mol. The highest BCUT2D eigenvalue weighted by Crippen LogP contribution is 2.65. The third-order valence-corrected chi connectivity index (χ3v) is 6.80. The zero-order valence-corrected chi connectivity index (χ0v) is 11.2. The summed E-state index contributed by atoms with van der Waals surface area (Å²) in [5.41, 5.74) is -0.278. The summed E-state index contributed by atoms with van der Waals surface area (Å²) >= 11 is 0. The third-order valence-electron chi connectivity index (χ3n) is 6.80. The molecule has 2 saturated heterocycles. The first-order valence-electron chi connectivity index (χ1n) is 7.26. The van der Waals surface area contributed by atoms with Gasteiger partial charge in [0.25, 0.3) is 0 Å². The van der Waals surface area contributed by atoms with Gasteiger partial charge in [-0.05, 0) is 76.5 Å². The Morgan fingerprint density at radius 2 is 1.47 bits per heavy atom. The lowest BCUT2D eigenvalue weighted by molar-refractivity contribution is -0.165. The van der Waals surface area contributed by atoms with Crippen molar-refractivity contribution in [3.63, 3.8) is 0 Å². The molecule has 0 aromatic carbocycles. The van der Waals surface area contributed by atoms with Crippen LogP contribution < -0.4 is 0 Å². The second-order valence-corrected chi connectivity index (χ2v) is 7.86. The van der Waals surface area contributed by atoms with E-state index in [0.717, 1.165) is 6.42 Å². The van der Waals surface area contributed by atoms with E-state index in [-0.39, 0.29) is 11.2 Å². The number of aliphatic hydroxyl groups is 1. The second-order valence-electron chi connectivity index (χ2n) is 7.86. The van der Waals surface area contributed by atoms with Gasteiger partial charge in [-0.2, -0.15) is 0 Å². The van der Waals surface area contributed by atoms with Crippen molar-refractivity contribution in [2.75, 3.05) is 0 Å². The van der Waals surface area contributed by atoms with Crippen molar-refractivity contribution in [1.82, 2.24) is 0 Å². The normalized spacial score (nSPS) is 68.5. The molecule has 2 nitrogen and oxygen atoms in total. The zero-order valence-electron chi connectivity index (χ0n) is 11.2. The minimum absolute atomic E-state index is 0.0398. The summed E-state index contributed by atoms with van der Waals surface area (Å²) in [4.78, 5) is 0. The lowest BCUT2D eigenvalue weighted by Gasteiger charge is -2.56. The van der Waals surface area contributed by atoms with E-state index in [9.17, 15) is 5.11 Å². The monoisotopic (exact) mass is 236 g/mol. The summed E-state index contributed by atoms with van der Waals surface area (Å²) in [6.45, 7) is 6.73. The molecular formula is C15H24O2. The molecule has 0 aromatic heterocycles. The second kappa shape index (κ2) is 2.75. The first-order valence-corrected chi connectivity index (χ1v) is 7.26. The molecule has 2 aliphatic carbocycles. The Bertz CT molecular complexity index is 371. The maximum atomic E-state index is 10.9. The summed E-state index contributed by atoms with van der Waals surface area (Å²) in [5, 5.41) is 10.9. The molecule has 4 rings (SSSR count). The summed E-state index contributed by atoms with van der Waals surface area (Å²) in [5.74, 6) is 2.36. The van der Waals surface area contributed by atoms with Gasteiger partial charge in [0.05, 0.1) is 16.8 Å². The quantitative estimate of drug-likeness (QED) is 0.701. The van der Waals surface area contributed by atoms with E-state index >= 15 is 0 Å². The summed E-state index contributed by atoms with van der Waals surface area (Å²) in [6, 6.07) is 0. The van der Waals surface area contributed by atoms with Crippen molar-refractivity contribution in [2.45, 2.75) is 69.7 Å². The SMILES string of the molecule is C[C@@]12C[C@@H]3C[C@H]4C[C@H](C[C@@H](C1)[C@@]4(C)O2)[C@]3(C)O. The van der Waals surface area contributed by atoms with Crippen LogP contribution in [0.3, 0.4) is 0 Å². The van der Waals surface area contributed by atoms with Gasteiger partial charge in [0.1, 0.15) is 0 Å². The predicted molar refractivity (Wildman–Crippen MR) is 65.6 cm³/mol. The molecule has 0 unspecified atom stereocenters. The van der Waals surface area contributed by atoms with Crippen LogP contribution >= 0.6 is 0 Å². The first kappa shape index (κ1) is 10.8. The van der Waals surface area contributed by atoms with Crippen molar-refractivity contribution < 1.29 is 9.84 Å². The number of fused-ring (bicyclic) bond motifs is 3. The molecule has 0 spiro atoms. The summed E-state index contributed by atoms with van der Waals surface area (Å²) in [7, 11) is 0. The lowest BCUT2D eigenvalue weighted by atomic mass is 9.50. The minimum atomic E-state index is -0.439. The maximum Gasteiger partial charge on any atom is 0.0719 e. The highest BCUT2D eigenvalue weighted by atomic mass is 16.5. The average Bonchev–Trinajstić information content (AvgIpc) is 2.41. The van der Waals surface area contributed by atoms with E-state index in [0.29, 0.717) is 23.7 Å². The van der Waals surface area contributed by atoms with Crippen molar-refractivity contribution in [1.29, 1.82) is 0 Å². The molecule has 1 N–H and O–H groups in total. The fraction of sp³-hybridized carbons (Fsp3) is 1.00. The van der Waals surface area contributed by atoms with Crippen LogP contribution in [-0.4, -0.2) is 21.9 Å². The molecule has 4 aliphatic rings. The molecule has 4 fully saturated rings. The topological polar surface area (TPSA) is 29.5 Å². The van der Waals surface area contributed by atoms with Gasteiger partial charge >= 0.3 is 0 Å². The Morgan fingerprint density at radius 1 is 0.882 bits per heavy atom. The van der Waals surface area contributed by atoms with Crippen LogP contribution in [-0.2, 0) is 4.74 Å². The van der Waals surface area contributed by atoms with Gasteiger partial charge in [0.2, 0.25) is 0 Å². The molecule has 2 aliphatic heterocycles. The average molecular weight is 236 g/mol. The van der Waals surface area contributed by atoms with E-state index in [4.69, 9.17) is 4.74 Å². The van der Waals surface area contributed by atoms with E-state index in [1.807, 2.05) is 0 Å². The number of hydrogen-bond acceptors (Lipinski definition) is 2. The van der Waals surface area contributed by atoms with Crippen LogP contribution in [0, 0.1) is 23.7 Å². The van der Waals surface area contributed by atoms with Crippen molar-refractivity contribution in [3.05, 3.63) is 0 Å². The van der Waals surface area contributed by atoms with E-state index in [2.05, 4.69) is 20.8 Å². The molecule has 2 heterocycles. The van der Waals surface area contributed by atoms with Crippen LogP contribution in [0.25, 0.3) is 0 Å². The molecule has 2 saturated carbocycles. The predicted octanol–water partition coefficient (Wildman–Crippen LogP) is 2.74. The molecule has 17 heavy (non-hydrogen) atoms. The molecule has 0 radical (unpaired) electrons. The molecule has 5 bridgehead atoms. The molecule has 0 aromatic rings. The number of hydrogen-bond donors (Lipinski definition) is 1. The molecule has 96 valence electrons. The van der Waals surface area contributed by atoms with Crippen molar-refractivity contribution in [3.8, 4) is 0 Å². The maximum absolute atomic E-state index is 10.9. The lowest BCUT2D eigenvalue weighted by Crippen LogP contribution is -2.58. The molecule has 2 heteroatoms. The Morgan fingerprint density at radius 3 is 2.24 bits per heavy atom. The number of rotatable bonds is 0. The summed E-state index contributed by atoms with van der Waals surface area (Å²) in [6.07, 6.45) is 5.85. The van der Waals surface area contributed by atoms with Crippen molar-refractivity contribution in [2.24, 2.45) is 23.7 Å². The van der Waals surface area contributed by atoms with Crippen molar-refractivity contribution >= 4 is 0 Å². The fourth-order valence-corrected chi connectivity index (χ4v) is 5.79. The molecule has 0 amide bonds. The number of ether oxygens (including phenoxy) is 1. The van der Waals surface area contributed by atoms with Crippen LogP contribution in [0.4, 0.5) is 0 Å². The largest absolute Gasteiger partial charge is 0.390 e. The van der Waals surface area contributed by atoms with E-state index in [1.54, 1.807) is 0 Å². The van der Waals surface area contributed by atoms with Gasteiger partial charge in [0.15, 0.2) is 0 Å². The first-order chi connectivity index (χ1) is 7.83. The highest BCUT2D eigenvalue weighted by molar-refractivity contribution is 5.16. The Kier molecular flexibility index (Phi) is 1.75. The van der Waals surface area contributed by atoms with Gasteiger partial charge in [-0.25, -0.2) is 0 Å². The van der Waals surface area contributed by atoms with Crippen LogP contribution in [0.1, 0.15) is 52.9 Å². The van der Waals surface area contributed by atoms with Crippen LogP contribution in [0.15, 0.2) is 0 Å². The highest BCUT2D eigenvalue weighted by Gasteiger charge is 2.66. The Balaban J connectivity index is 1.87. The third kappa shape index (κ3) is 1.14. The standard InChI is InChI=1S/C15H24O2/c1-13-7-11-6-10-4-9(14(11,2)16)5-12(8-13)15(10,3)17-13/h9-12,16H,4-8H2,1-3H3/t9-,10-,11+,12+,13-,14+,15+/m1/s1.